The van der Waals surface area contributed by atoms with E-state index in [4.69, 9.17) is 27.9 Å². The first kappa shape index (κ1) is 22.2. The van der Waals surface area contributed by atoms with Gasteiger partial charge in [0.25, 0.3) is 0 Å². The quantitative estimate of drug-likeness (QED) is 0.288. The third kappa shape index (κ3) is 5.43. The number of aromatic nitrogens is 1. The summed E-state index contributed by atoms with van der Waals surface area (Å²) in [5, 5.41) is 15.1. The van der Waals surface area contributed by atoms with Crippen molar-refractivity contribution in [3.63, 3.8) is 0 Å². The minimum Gasteiger partial charge on any atom is -0.489 e. The summed E-state index contributed by atoms with van der Waals surface area (Å²) in [5.74, 6) is -0.281. The molecule has 5 nitrogen and oxygen atoms in total. The number of hydrogen-bond acceptors (Lipinski definition) is 3. The van der Waals surface area contributed by atoms with Gasteiger partial charge in [-0.15, -0.1) is 0 Å². The van der Waals surface area contributed by atoms with Crippen LogP contribution in [0.5, 0.6) is 5.75 Å². The second-order valence-electron chi connectivity index (χ2n) is 7.51. The molecule has 0 bridgehead atoms. The SMILES string of the molecule is O=C(O)[C@@H](Cc1c[nH]c2ccccc12)NCc1cc(Cl)ccc1OCc1cccc(Cl)c1. The molecule has 0 unspecified atom stereocenters. The molecule has 1 atom stereocenters. The monoisotopic (exact) mass is 468 g/mol. The van der Waals surface area contributed by atoms with Gasteiger partial charge < -0.3 is 14.8 Å². The Morgan fingerprint density at radius 3 is 2.62 bits per heavy atom. The van der Waals surface area contributed by atoms with Crippen LogP contribution in [0.1, 0.15) is 16.7 Å². The van der Waals surface area contributed by atoms with Crippen LogP contribution in [0, 0.1) is 0 Å². The van der Waals surface area contributed by atoms with Crippen molar-refractivity contribution >= 4 is 40.1 Å². The highest BCUT2D eigenvalue weighted by atomic mass is 35.5. The zero-order valence-electron chi connectivity index (χ0n) is 17.1. The number of aliphatic carboxylic acids is 1. The van der Waals surface area contributed by atoms with Crippen molar-refractivity contribution in [2.24, 2.45) is 0 Å². The summed E-state index contributed by atoms with van der Waals surface area (Å²) in [5.41, 5.74) is 3.65. The second-order valence-corrected chi connectivity index (χ2v) is 8.38. The number of carboxylic acid groups (broad SMARTS) is 1. The molecule has 7 heteroatoms. The Balaban J connectivity index is 1.47. The number of nitrogens with one attached hydrogen (secondary N) is 2. The van der Waals surface area contributed by atoms with Crippen LogP contribution in [-0.2, 0) is 24.4 Å². The molecular weight excluding hydrogens is 447 g/mol. The van der Waals surface area contributed by atoms with Crippen LogP contribution in [0.25, 0.3) is 10.9 Å². The van der Waals surface area contributed by atoms with E-state index in [1.54, 1.807) is 18.2 Å². The van der Waals surface area contributed by atoms with E-state index in [-0.39, 0.29) is 0 Å². The van der Waals surface area contributed by atoms with E-state index in [9.17, 15) is 9.90 Å². The molecule has 3 N–H and O–H groups in total. The van der Waals surface area contributed by atoms with Crippen molar-refractivity contribution in [2.75, 3.05) is 0 Å². The molecule has 1 heterocycles. The Hall–Kier alpha value is -2.99. The van der Waals surface area contributed by atoms with Crippen molar-refractivity contribution in [3.05, 3.63) is 99.7 Å². The molecule has 0 amide bonds. The zero-order chi connectivity index (χ0) is 22.5. The highest BCUT2D eigenvalue weighted by molar-refractivity contribution is 6.30. The Morgan fingerprint density at radius 1 is 1.00 bits per heavy atom. The standard InChI is InChI=1S/C25H22Cl2N2O3/c26-19-5-3-4-16(10-19)15-32-24-9-8-20(27)11-18(24)14-29-23(25(30)31)12-17-13-28-22-7-2-1-6-21(17)22/h1-11,13,23,28-29H,12,14-15H2,(H,30,31)/t23-/m1/s1. The van der Waals surface area contributed by atoms with Gasteiger partial charge in [-0.05, 0) is 47.5 Å². The van der Waals surface area contributed by atoms with Crippen LogP contribution in [0.15, 0.2) is 72.9 Å². The number of hydrogen-bond donors (Lipinski definition) is 3. The van der Waals surface area contributed by atoms with Crippen LogP contribution in [0.4, 0.5) is 0 Å². The van der Waals surface area contributed by atoms with E-state index < -0.39 is 12.0 Å². The molecule has 3 aromatic carbocycles. The first-order chi connectivity index (χ1) is 15.5. The van der Waals surface area contributed by atoms with Gasteiger partial charge in [-0.1, -0.05) is 53.5 Å². The summed E-state index contributed by atoms with van der Waals surface area (Å²) in [6, 6.07) is 19.8. The summed E-state index contributed by atoms with van der Waals surface area (Å²) in [6.45, 7) is 0.637. The zero-order valence-corrected chi connectivity index (χ0v) is 18.7. The van der Waals surface area contributed by atoms with Gasteiger partial charge in [0.15, 0.2) is 0 Å². The first-order valence-electron chi connectivity index (χ1n) is 10.2. The molecule has 0 radical (unpaired) electrons. The van der Waals surface area contributed by atoms with Crippen molar-refractivity contribution in [2.45, 2.75) is 25.6 Å². The van der Waals surface area contributed by atoms with Gasteiger partial charge in [0.05, 0.1) is 0 Å². The fraction of sp³-hybridized carbons (Fsp3) is 0.160. The van der Waals surface area contributed by atoms with Crippen LogP contribution < -0.4 is 10.1 Å². The molecule has 4 aromatic rings. The van der Waals surface area contributed by atoms with Crippen molar-refractivity contribution in [1.82, 2.24) is 10.3 Å². The lowest BCUT2D eigenvalue weighted by Gasteiger charge is -2.17. The van der Waals surface area contributed by atoms with Crippen molar-refractivity contribution < 1.29 is 14.6 Å². The number of halogens is 2. The predicted octanol–water partition coefficient (Wildman–Crippen LogP) is 5.84. The van der Waals surface area contributed by atoms with Gasteiger partial charge >= 0.3 is 5.97 Å². The van der Waals surface area contributed by atoms with Crippen molar-refractivity contribution in [1.29, 1.82) is 0 Å². The van der Waals surface area contributed by atoms with Gasteiger partial charge in [-0.2, -0.15) is 0 Å². The summed E-state index contributed by atoms with van der Waals surface area (Å²) in [7, 11) is 0. The lowest BCUT2D eigenvalue weighted by molar-refractivity contribution is -0.139. The summed E-state index contributed by atoms with van der Waals surface area (Å²) < 4.78 is 5.98. The highest BCUT2D eigenvalue weighted by Gasteiger charge is 2.20. The van der Waals surface area contributed by atoms with Crippen LogP contribution in [0.2, 0.25) is 10.0 Å². The minimum atomic E-state index is -0.918. The fourth-order valence-corrected chi connectivity index (χ4v) is 4.02. The average molecular weight is 469 g/mol. The first-order valence-corrected chi connectivity index (χ1v) is 10.9. The van der Waals surface area contributed by atoms with Gasteiger partial charge in [0.1, 0.15) is 18.4 Å². The third-order valence-corrected chi connectivity index (χ3v) is 5.71. The molecule has 0 spiro atoms. The smallest absolute Gasteiger partial charge is 0.321 e. The molecule has 0 fully saturated rings. The molecule has 164 valence electrons. The summed E-state index contributed by atoms with van der Waals surface area (Å²) in [6.07, 6.45) is 2.21. The molecule has 0 aliphatic heterocycles. The second kappa shape index (κ2) is 10.1. The molecule has 0 aliphatic carbocycles. The molecule has 0 saturated carbocycles. The fourth-order valence-electron chi connectivity index (χ4n) is 3.62. The third-order valence-electron chi connectivity index (χ3n) is 5.24. The largest absolute Gasteiger partial charge is 0.489 e. The Bertz CT molecular complexity index is 1240. The number of benzene rings is 3. The van der Waals surface area contributed by atoms with E-state index >= 15 is 0 Å². The van der Waals surface area contributed by atoms with Crippen molar-refractivity contribution in [3.8, 4) is 5.75 Å². The molecule has 4 rings (SSSR count). The summed E-state index contributed by atoms with van der Waals surface area (Å²) >= 11 is 12.2. The van der Waals surface area contributed by atoms with Gasteiger partial charge in [0.2, 0.25) is 0 Å². The Kier molecular flexibility index (Phi) is 7.00. The Morgan fingerprint density at radius 2 is 1.81 bits per heavy atom. The molecular formula is C25H22Cl2N2O3. The number of fused-ring (bicyclic) bond motifs is 1. The van der Waals surface area contributed by atoms with E-state index in [0.29, 0.717) is 35.4 Å². The maximum atomic E-state index is 11.9. The molecule has 1 aromatic heterocycles. The van der Waals surface area contributed by atoms with Gasteiger partial charge in [-0.3, -0.25) is 10.1 Å². The lowest BCUT2D eigenvalue weighted by Crippen LogP contribution is -2.38. The predicted molar refractivity (Wildman–Crippen MR) is 128 cm³/mol. The molecule has 0 saturated heterocycles. The topological polar surface area (TPSA) is 74.3 Å². The lowest BCUT2D eigenvalue weighted by atomic mass is 10.0. The normalized spacial score (nSPS) is 12.1. The maximum absolute atomic E-state index is 11.9. The summed E-state index contributed by atoms with van der Waals surface area (Å²) in [4.78, 5) is 15.1. The number of carbonyl (C=O) groups is 1. The number of carboxylic acids is 1. The van der Waals surface area contributed by atoms with Crippen LogP contribution in [-0.4, -0.2) is 22.1 Å². The van der Waals surface area contributed by atoms with E-state index in [1.165, 1.54) is 0 Å². The van der Waals surface area contributed by atoms with E-state index in [2.05, 4.69) is 10.3 Å². The highest BCUT2D eigenvalue weighted by Crippen LogP contribution is 2.25. The number of aromatic amines is 1. The molecule has 0 aliphatic rings. The maximum Gasteiger partial charge on any atom is 0.321 e. The van der Waals surface area contributed by atoms with E-state index in [0.717, 1.165) is 27.6 Å². The average Bonchev–Trinajstić information content (AvgIpc) is 3.18. The number of para-hydroxylation sites is 1. The van der Waals surface area contributed by atoms with Gasteiger partial charge in [-0.25, -0.2) is 0 Å². The number of H-pyrrole nitrogens is 1. The van der Waals surface area contributed by atoms with Gasteiger partial charge in [0, 0.05) is 45.7 Å². The number of ether oxygens (including phenoxy) is 1. The minimum absolute atomic E-state index is 0.296. The molecule has 32 heavy (non-hydrogen) atoms. The number of rotatable bonds is 9. The van der Waals surface area contributed by atoms with Crippen LogP contribution >= 0.6 is 23.2 Å². The van der Waals surface area contributed by atoms with Crippen LogP contribution in [0.3, 0.4) is 0 Å². The Labute approximate surface area is 195 Å². The van der Waals surface area contributed by atoms with E-state index in [1.807, 2.05) is 54.7 Å².